The molecule has 2 rings (SSSR count). The first-order chi connectivity index (χ1) is 9.54. The van der Waals surface area contributed by atoms with E-state index >= 15 is 0 Å². The summed E-state index contributed by atoms with van der Waals surface area (Å²) < 4.78 is 0. The summed E-state index contributed by atoms with van der Waals surface area (Å²) in [5.74, 6) is 0.0941. The average molecular weight is 273 g/mol. The van der Waals surface area contributed by atoms with Gasteiger partial charge in [0.2, 0.25) is 0 Å². The van der Waals surface area contributed by atoms with E-state index in [4.69, 9.17) is 0 Å². The standard InChI is InChI=1S/C16H19NO3/c1-17(9-8-12-2-5-14(18)6-3-12)11-13-4-7-15(19)16(20)10-13/h2-7,10,18-20H,8-9,11H2,1H3. The number of phenols is 3. The molecule has 0 atom stereocenters. The largest absolute Gasteiger partial charge is 0.508 e. The fourth-order valence-electron chi connectivity index (χ4n) is 2.04. The fraction of sp³-hybridized carbons (Fsp3) is 0.250. The van der Waals surface area contributed by atoms with Gasteiger partial charge in [0.15, 0.2) is 11.5 Å². The van der Waals surface area contributed by atoms with Gasteiger partial charge >= 0.3 is 0 Å². The van der Waals surface area contributed by atoms with Crippen LogP contribution in [0.2, 0.25) is 0 Å². The number of hydrogen-bond acceptors (Lipinski definition) is 4. The van der Waals surface area contributed by atoms with Crippen LogP contribution in [0.15, 0.2) is 42.5 Å². The van der Waals surface area contributed by atoms with Gasteiger partial charge in [-0.15, -0.1) is 0 Å². The molecule has 0 aliphatic rings. The Hall–Kier alpha value is -2.20. The normalized spacial score (nSPS) is 10.9. The van der Waals surface area contributed by atoms with Gasteiger partial charge < -0.3 is 20.2 Å². The molecule has 0 spiro atoms. The minimum Gasteiger partial charge on any atom is -0.508 e. The quantitative estimate of drug-likeness (QED) is 0.732. The number of aromatic hydroxyl groups is 3. The Morgan fingerprint density at radius 1 is 0.850 bits per heavy atom. The molecule has 0 fully saturated rings. The van der Waals surface area contributed by atoms with Crippen molar-refractivity contribution >= 4 is 0 Å². The number of benzene rings is 2. The smallest absolute Gasteiger partial charge is 0.157 e. The molecule has 3 N–H and O–H groups in total. The summed E-state index contributed by atoms with van der Waals surface area (Å²) in [5.41, 5.74) is 2.12. The fourth-order valence-corrected chi connectivity index (χ4v) is 2.04. The maximum Gasteiger partial charge on any atom is 0.157 e. The second kappa shape index (κ2) is 6.30. The van der Waals surface area contributed by atoms with E-state index in [0.29, 0.717) is 6.54 Å². The Morgan fingerprint density at radius 2 is 1.50 bits per heavy atom. The van der Waals surface area contributed by atoms with E-state index in [9.17, 15) is 15.3 Å². The second-order valence-corrected chi connectivity index (χ2v) is 4.98. The summed E-state index contributed by atoms with van der Waals surface area (Å²) in [7, 11) is 2.00. The van der Waals surface area contributed by atoms with Gasteiger partial charge in [0.05, 0.1) is 0 Å². The lowest BCUT2D eigenvalue weighted by atomic mass is 10.1. The van der Waals surface area contributed by atoms with E-state index in [2.05, 4.69) is 4.90 Å². The highest BCUT2D eigenvalue weighted by atomic mass is 16.3. The van der Waals surface area contributed by atoms with Crippen LogP contribution in [-0.4, -0.2) is 33.8 Å². The molecule has 0 saturated heterocycles. The molecule has 0 amide bonds. The molecule has 0 aromatic heterocycles. The van der Waals surface area contributed by atoms with Gasteiger partial charge in [-0.2, -0.15) is 0 Å². The molecule has 106 valence electrons. The molecule has 0 aliphatic carbocycles. The minimum absolute atomic E-state index is 0.0885. The number of phenolic OH excluding ortho intramolecular Hbond substituents is 3. The molecule has 0 heterocycles. The van der Waals surface area contributed by atoms with Crippen molar-refractivity contribution in [2.75, 3.05) is 13.6 Å². The van der Waals surface area contributed by atoms with Crippen LogP contribution < -0.4 is 0 Å². The van der Waals surface area contributed by atoms with E-state index in [1.54, 1.807) is 24.3 Å². The van der Waals surface area contributed by atoms with Crippen molar-refractivity contribution in [2.45, 2.75) is 13.0 Å². The van der Waals surface area contributed by atoms with Crippen LogP contribution in [0.4, 0.5) is 0 Å². The average Bonchev–Trinajstić information content (AvgIpc) is 2.42. The molecule has 0 aliphatic heterocycles. The lowest BCUT2D eigenvalue weighted by Gasteiger charge is -2.17. The van der Waals surface area contributed by atoms with Crippen molar-refractivity contribution in [2.24, 2.45) is 0 Å². The molecule has 0 bridgehead atoms. The Labute approximate surface area is 118 Å². The van der Waals surface area contributed by atoms with E-state index in [-0.39, 0.29) is 17.2 Å². The first-order valence-electron chi connectivity index (χ1n) is 6.52. The molecule has 0 radical (unpaired) electrons. The summed E-state index contributed by atoms with van der Waals surface area (Å²) in [5, 5.41) is 27.9. The van der Waals surface area contributed by atoms with Crippen molar-refractivity contribution in [3.8, 4) is 17.2 Å². The number of likely N-dealkylation sites (N-methyl/N-ethyl adjacent to an activating group) is 1. The van der Waals surface area contributed by atoms with Gasteiger partial charge in [-0.3, -0.25) is 0 Å². The number of rotatable bonds is 5. The highest BCUT2D eigenvalue weighted by molar-refractivity contribution is 5.40. The summed E-state index contributed by atoms with van der Waals surface area (Å²) in [6, 6.07) is 12.1. The van der Waals surface area contributed by atoms with Gasteiger partial charge in [0.1, 0.15) is 5.75 Å². The maximum atomic E-state index is 9.45. The van der Waals surface area contributed by atoms with Crippen molar-refractivity contribution < 1.29 is 15.3 Å². The molecular weight excluding hydrogens is 254 g/mol. The van der Waals surface area contributed by atoms with Gasteiger partial charge in [0, 0.05) is 13.1 Å². The third-order valence-corrected chi connectivity index (χ3v) is 3.21. The molecule has 0 saturated carbocycles. The van der Waals surface area contributed by atoms with Crippen LogP contribution >= 0.6 is 0 Å². The monoisotopic (exact) mass is 273 g/mol. The van der Waals surface area contributed by atoms with Crippen molar-refractivity contribution in [3.63, 3.8) is 0 Å². The van der Waals surface area contributed by atoms with Gasteiger partial charge in [0.25, 0.3) is 0 Å². The van der Waals surface area contributed by atoms with E-state index in [0.717, 1.165) is 18.5 Å². The molecule has 2 aromatic rings. The van der Waals surface area contributed by atoms with Crippen molar-refractivity contribution in [1.82, 2.24) is 4.90 Å². The zero-order valence-electron chi connectivity index (χ0n) is 11.5. The Balaban J connectivity index is 1.87. The first-order valence-corrected chi connectivity index (χ1v) is 6.52. The van der Waals surface area contributed by atoms with Crippen LogP contribution in [0.5, 0.6) is 17.2 Å². The minimum atomic E-state index is -0.0968. The lowest BCUT2D eigenvalue weighted by Crippen LogP contribution is -2.20. The zero-order valence-corrected chi connectivity index (χ0v) is 11.5. The van der Waals surface area contributed by atoms with Crippen LogP contribution in [0.1, 0.15) is 11.1 Å². The Morgan fingerprint density at radius 3 is 2.15 bits per heavy atom. The van der Waals surface area contributed by atoms with Crippen molar-refractivity contribution in [1.29, 1.82) is 0 Å². The maximum absolute atomic E-state index is 9.45. The Bertz CT molecular complexity index is 566. The van der Waals surface area contributed by atoms with Gasteiger partial charge in [-0.25, -0.2) is 0 Å². The number of hydrogen-bond donors (Lipinski definition) is 3. The van der Waals surface area contributed by atoms with Gasteiger partial charge in [-0.05, 0) is 48.9 Å². The van der Waals surface area contributed by atoms with E-state index in [1.165, 1.54) is 11.6 Å². The van der Waals surface area contributed by atoms with Gasteiger partial charge in [-0.1, -0.05) is 18.2 Å². The molecule has 2 aromatic carbocycles. The first kappa shape index (κ1) is 14.2. The van der Waals surface area contributed by atoms with Crippen LogP contribution in [-0.2, 0) is 13.0 Å². The topological polar surface area (TPSA) is 63.9 Å². The SMILES string of the molecule is CN(CCc1ccc(O)cc1)Cc1ccc(O)c(O)c1. The summed E-state index contributed by atoms with van der Waals surface area (Å²) >= 11 is 0. The zero-order chi connectivity index (χ0) is 14.5. The van der Waals surface area contributed by atoms with Crippen LogP contribution in [0.3, 0.4) is 0 Å². The van der Waals surface area contributed by atoms with Crippen molar-refractivity contribution in [3.05, 3.63) is 53.6 Å². The predicted molar refractivity (Wildman–Crippen MR) is 77.9 cm³/mol. The van der Waals surface area contributed by atoms with E-state index < -0.39 is 0 Å². The molecule has 20 heavy (non-hydrogen) atoms. The van der Waals surface area contributed by atoms with Crippen LogP contribution in [0.25, 0.3) is 0 Å². The summed E-state index contributed by atoms with van der Waals surface area (Å²) in [6.07, 6.45) is 0.890. The molecular formula is C16H19NO3. The number of nitrogens with zero attached hydrogens (tertiary/aromatic N) is 1. The summed E-state index contributed by atoms with van der Waals surface area (Å²) in [4.78, 5) is 2.14. The highest BCUT2D eigenvalue weighted by Crippen LogP contribution is 2.25. The molecule has 4 heteroatoms. The Kier molecular flexibility index (Phi) is 4.48. The second-order valence-electron chi connectivity index (χ2n) is 4.98. The highest BCUT2D eigenvalue weighted by Gasteiger charge is 2.04. The predicted octanol–water partition coefficient (Wildman–Crippen LogP) is 2.48. The lowest BCUT2D eigenvalue weighted by molar-refractivity contribution is 0.329. The molecule has 4 nitrogen and oxygen atoms in total. The third kappa shape index (κ3) is 3.90. The van der Waals surface area contributed by atoms with E-state index in [1.807, 2.05) is 19.2 Å². The van der Waals surface area contributed by atoms with Crippen LogP contribution in [0, 0.1) is 0 Å². The molecule has 0 unspecified atom stereocenters. The summed E-state index contributed by atoms with van der Waals surface area (Å²) in [6.45, 7) is 1.57. The third-order valence-electron chi connectivity index (χ3n) is 3.21.